The summed E-state index contributed by atoms with van der Waals surface area (Å²) in [5.74, 6) is -1.42. The minimum absolute atomic E-state index is 0.0806. The van der Waals surface area contributed by atoms with Crippen LogP contribution in [0.15, 0.2) is 0 Å². The predicted octanol–water partition coefficient (Wildman–Crippen LogP) is 1.42. The summed E-state index contributed by atoms with van der Waals surface area (Å²) in [6.07, 6.45) is 4.21. The van der Waals surface area contributed by atoms with Crippen LogP contribution in [-0.4, -0.2) is 36.2 Å². The fourth-order valence-corrected chi connectivity index (χ4v) is 3.22. The lowest BCUT2D eigenvalue weighted by Gasteiger charge is -2.35. The van der Waals surface area contributed by atoms with Gasteiger partial charge in [-0.2, -0.15) is 0 Å². The molecule has 5 heteroatoms. The van der Waals surface area contributed by atoms with Gasteiger partial charge in [0.25, 0.3) is 0 Å². The van der Waals surface area contributed by atoms with Crippen molar-refractivity contribution in [3.63, 3.8) is 0 Å². The predicted molar refractivity (Wildman–Crippen MR) is 69.6 cm³/mol. The molecule has 19 heavy (non-hydrogen) atoms. The summed E-state index contributed by atoms with van der Waals surface area (Å²) >= 11 is 0. The lowest BCUT2D eigenvalue weighted by molar-refractivity contribution is -0.146. The molecule has 0 aromatic carbocycles. The van der Waals surface area contributed by atoms with Crippen LogP contribution in [0.2, 0.25) is 0 Å². The Morgan fingerprint density at radius 1 is 1.21 bits per heavy atom. The summed E-state index contributed by atoms with van der Waals surface area (Å²) in [6.45, 7) is 2.05. The van der Waals surface area contributed by atoms with Crippen LogP contribution in [0.1, 0.15) is 39.0 Å². The largest absolute Gasteiger partial charge is 0.481 e. The van der Waals surface area contributed by atoms with E-state index < -0.39 is 11.9 Å². The summed E-state index contributed by atoms with van der Waals surface area (Å²) < 4.78 is 5.17. The maximum Gasteiger partial charge on any atom is 0.307 e. The minimum atomic E-state index is -0.834. The molecule has 0 aliphatic heterocycles. The number of aliphatic carboxylic acids is 1. The molecule has 3 unspecified atom stereocenters. The first kappa shape index (κ1) is 14.3. The van der Waals surface area contributed by atoms with Crippen molar-refractivity contribution in [2.75, 3.05) is 7.11 Å². The number of rotatable bonds is 5. The first-order valence-electron chi connectivity index (χ1n) is 7.11. The highest BCUT2D eigenvalue weighted by molar-refractivity contribution is 5.85. The smallest absolute Gasteiger partial charge is 0.307 e. The Bertz CT molecular complexity index is 351. The Morgan fingerprint density at radius 2 is 1.84 bits per heavy atom. The van der Waals surface area contributed by atoms with Crippen molar-refractivity contribution >= 4 is 11.9 Å². The Morgan fingerprint density at radius 3 is 2.37 bits per heavy atom. The van der Waals surface area contributed by atoms with E-state index in [0.717, 1.165) is 19.3 Å². The van der Waals surface area contributed by atoms with Gasteiger partial charge in [-0.3, -0.25) is 9.59 Å². The molecule has 108 valence electrons. The highest BCUT2D eigenvalue weighted by atomic mass is 16.5. The minimum Gasteiger partial charge on any atom is -0.481 e. The monoisotopic (exact) mass is 269 g/mol. The Labute approximate surface area is 113 Å². The topological polar surface area (TPSA) is 75.6 Å². The molecule has 2 saturated carbocycles. The number of methoxy groups -OCH3 is 1. The summed E-state index contributed by atoms with van der Waals surface area (Å²) in [5.41, 5.74) is 0. The van der Waals surface area contributed by atoms with Gasteiger partial charge in [0, 0.05) is 13.2 Å². The summed E-state index contributed by atoms with van der Waals surface area (Å²) in [7, 11) is 1.67. The zero-order chi connectivity index (χ0) is 14.0. The van der Waals surface area contributed by atoms with Gasteiger partial charge >= 0.3 is 5.97 Å². The third-order valence-electron chi connectivity index (χ3n) is 4.67. The van der Waals surface area contributed by atoms with Gasteiger partial charge in [-0.25, -0.2) is 0 Å². The molecular weight excluding hydrogens is 246 g/mol. The summed E-state index contributed by atoms with van der Waals surface area (Å²) in [6, 6.07) is 0.160. The van der Waals surface area contributed by atoms with E-state index in [2.05, 4.69) is 12.2 Å². The van der Waals surface area contributed by atoms with Gasteiger partial charge in [-0.15, -0.1) is 0 Å². The molecule has 2 fully saturated rings. The molecular formula is C14H23NO4. The second-order valence-corrected chi connectivity index (χ2v) is 5.83. The van der Waals surface area contributed by atoms with Crippen LogP contribution in [0.4, 0.5) is 0 Å². The van der Waals surface area contributed by atoms with Crippen LogP contribution in [0, 0.1) is 17.8 Å². The van der Waals surface area contributed by atoms with Gasteiger partial charge in [-0.1, -0.05) is 13.3 Å². The second-order valence-electron chi connectivity index (χ2n) is 5.83. The number of amides is 1. The van der Waals surface area contributed by atoms with E-state index in [1.165, 1.54) is 0 Å². The van der Waals surface area contributed by atoms with Crippen molar-refractivity contribution in [3.05, 3.63) is 0 Å². The molecule has 2 rings (SSSR count). The number of carbonyl (C=O) groups is 2. The molecule has 2 N–H and O–H groups in total. The van der Waals surface area contributed by atoms with Crippen molar-refractivity contribution in [1.29, 1.82) is 0 Å². The molecule has 0 saturated heterocycles. The molecule has 5 nitrogen and oxygen atoms in total. The van der Waals surface area contributed by atoms with Crippen LogP contribution in [0.25, 0.3) is 0 Å². The lowest BCUT2D eigenvalue weighted by Crippen LogP contribution is -2.50. The number of carbonyl (C=O) groups excluding carboxylic acids is 1. The van der Waals surface area contributed by atoms with Crippen LogP contribution < -0.4 is 5.32 Å². The second kappa shape index (κ2) is 5.90. The molecule has 1 amide bonds. The average Bonchev–Trinajstić information content (AvgIpc) is 2.77. The molecule has 0 radical (unpaired) electrons. The van der Waals surface area contributed by atoms with Crippen molar-refractivity contribution in [3.8, 4) is 0 Å². The van der Waals surface area contributed by atoms with Gasteiger partial charge in [-0.05, 0) is 31.6 Å². The zero-order valence-electron chi connectivity index (χ0n) is 11.6. The lowest BCUT2D eigenvalue weighted by atomic mass is 9.87. The van der Waals surface area contributed by atoms with Crippen LogP contribution in [0.5, 0.6) is 0 Å². The van der Waals surface area contributed by atoms with E-state index in [-0.39, 0.29) is 24.0 Å². The van der Waals surface area contributed by atoms with Crippen molar-refractivity contribution in [2.24, 2.45) is 17.8 Å². The van der Waals surface area contributed by atoms with Crippen LogP contribution in [0.3, 0.4) is 0 Å². The SMILES string of the molecule is CCC1CC(C(=O)O)C(C(=O)NC2CC(OC)C2)C1. The van der Waals surface area contributed by atoms with Crippen LogP contribution in [-0.2, 0) is 14.3 Å². The average molecular weight is 269 g/mol. The van der Waals surface area contributed by atoms with Crippen molar-refractivity contribution in [2.45, 2.75) is 51.2 Å². The number of ether oxygens (including phenoxy) is 1. The van der Waals surface area contributed by atoms with Gasteiger partial charge in [0.15, 0.2) is 0 Å². The number of nitrogens with one attached hydrogen (secondary N) is 1. The van der Waals surface area contributed by atoms with Gasteiger partial charge in [0.2, 0.25) is 5.91 Å². The van der Waals surface area contributed by atoms with E-state index in [1.807, 2.05) is 0 Å². The normalized spacial score (nSPS) is 37.7. The van der Waals surface area contributed by atoms with Gasteiger partial charge in [0.05, 0.1) is 17.9 Å². The highest BCUT2D eigenvalue weighted by Crippen LogP contribution is 2.39. The van der Waals surface area contributed by atoms with Crippen molar-refractivity contribution < 1.29 is 19.4 Å². The molecule has 0 spiro atoms. The molecule has 2 aliphatic carbocycles. The van der Waals surface area contributed by atoms with E-state index in [4.69, 9.17) is 4.74 Å². The maximum absolute atomic E-state index is 12.2. The van der Waals surface area contributed by atoms with E-state index >= 15 is 0 Å². The molecule has 0 aromatic heterocycles. The third-order valence-corrected chi connectivity index (χ3v) is 4.67. The van der Waals surface area contributed by atoms with Gasteiger partial charge in [0.1, 0.15) is 0 Å². The molecule has 0 bridgehead atoms. The highest BCUT2D eigenvalue weighted by Gasteiger charge is 2.43. The number of carboxylic acids is 1. The fraction of sp³-hybridized carbons (Fsp3) is 0.857. The molecule has 3 atom stereocenters. The quantitative estimate of drug-likeness (QED) is 0.791. The maximum atomic E-state index is 12.2. The number of carboxylic acid groups (broad SMARTS) is 1. The van der Waals surface area contributed by atoms with E-state index in [0.29, 0.717) is 18.8 Å². The summed E-state index contributed by atoms with van der Waals surface area (Å²) in [5, 5.41) is 12.2. The molecule has 2 aliphatic rings. The van der Waals surface area contributed by atoms with E-state index in [9.17, 15) is 14.7 Å². The van der Waals surface area contributed by atoms with Gasteiger partial charge < -0.3 is 15.2 Å². The van der Waals surface area contributed by atoms with Crippen molar-refractivity contribution in [1.82, 2.24) is 5.32 Å². The Kier molecular flexibility index (Phi) is 4.45. The first-order chi connectivity index (χ1) is 9.05. The summed E-state index contributed by atoms with van der Waals surface area (Å²) in [4.78, 5) is 23.5. The Balaban J connectivity index is 1.88. The van der Waals surface area contributed by atoms with E-state index in [1.54, 1.807) is 7.11 Å². The number of hydrogen-bond donors (Lipinski definition) is 2. The Hall–Kier alpha value is -1.10. The van der Waals surface area contributed by atoms with Crippen LogP contribution >= 0.6 is 0 Å². The fourth-order valence-electron chi connectivity index (χ4n) is 3.22. The zero-order valence-corrected chi connectivity index (χ0v) is 11.6. The third kappa shape index (κ3) is 3.08. The first-order valence-corrected chi connectivity index (χ1v) is 7.11. The molecule has 0 heterocycles. The number of hydrogen-bond acceptors (Lipinski definition) is 3. The standard InChI is InChI=1S/C14H23NO4/c1-3-8-4-11(12(5-8)14(17)18)13(16)15-9-6-10(7-9)19-2/h8-12H,3-7H2,1-2H3,(H,15,16)(H,17,18). The molecule has 0 aromatic rings.